The Morgan fingerprint density at radius 1 is 1.21 bits per heavy atom. The first-order valence-electron chi connectivity index (χ1n) is 8.10. The second kappa shape index (κ2) is 9.29. The van der Waals surface area contributed by atoms with Gasteiger partial charge in [0.15, 0.2) is 0 Å². The molecule has 1 N–H and O–H groups in total. The third-order valence-electron chi connectivity index (χ3n) is 3.87. The minimum Gasteiger partial charge on any atom is -0.495 e. The van der Waals surface area contributed by atoms with Crippen LogP contribution in [0, 0.1) is 10.1 Å². The highest BCUT2D eigenvalue weighted by atomic mass is 35.5. The highest BCUT2D eigenvalue weighted by Crippen LogP contribution is 2.36. The van der Waals surface area contributed by atoms with Gasteiger partial charge in [-0.05, 0) is 30.7 Å². The maximum Gasteiger partial charge on any atom is 0.303 e. The summed E-state index contributed by atoms with van der Waals surface area (Å²) in [5, 5.41) is 20.2. The van der Waals surface area contributed by atoms with Gasteiger partial charge in [-0.15, -0.1) is 0 Å². The molecule has 0 unspecified atom stereocenters. The van der Waals surface area contributed by atoms with Crippen molar-refractivity contribution in [1.29, 1.82) is 0 Å². The van der Waals surface area contributed by atoms with Gasteiger partial charge in [0.25, 0.3) is 15.7 Å². The molecule has 0 aromatic heterocycles. The van der Waals surface area contributed by atoms with E-state index >= 15 is 0 Å². The Labute approximate surface area is 176 Å². The number of halogens is 2. The molecular weight excluding hydrogens is 447 g/mol. The van der Waals surface area contributed by atoms with Crippen LogP contribution in [0.15, 0.2) is 41.3 Å². The van der Waals surface area contributed by atoms with Crippen LogP contribution in [0.1, 0.15) is 12.8 Å². The number of nitro benzene ring substituents is 1. The summed E-state index contributed by atoms with van der Waals surface area (Å²) in [6.07, 6.45) is -0.341. The largest absolute Gasteiger partial charge is 0.495 e. The third kappa shape index (κ3) is 5.28. The second-order valence-corrected chi connectivity index (χ2v) is 8.44. The summed E-state index contributed by atoms with van der Waals surface area (Å²) < 4.78 is 32.6. The number of anilines is 1. The van der Waals surface area contributed by atoms with Crippen LogP contribution in [0.4, 0.5) is 11.4 Å². The lowest BCUT2D eigenvalue weighted by Gasteiger charge is -2.26. The fourth-order valence-corrected chi connectivity index (χ4v) is 4.39. The van der Waals surface area contributed by atoms with E-state index in [1.807, 2.05) is 0 Å². The van der Waals surface area contributed by atoms with E-state index in [1.54, 1.807) is 0 Å². The number of sulfonamides is 1. The van der Waals surface area contributed by atoms with E-state index in [-0.39, 0.29) is 51.5 Å². The van der Waals surface area contributed by atoms with Crippen molar-refractivity contribution in [1.82, 2.24) is 0 Å². The summed E-state index contributed by atoms with van der Waals surface area (Å²) in [4.78, 5) is 21.2. The van der Waals surface area contributed by atoms with E-state index in [0.29, 0.717) is 0 Å². The van der Waals surface area contributed by atoms with E-state index in [9.17, 15) is 23.3 Å². The van der Waals surface area contributed by atoms with Crippen molar-refractivity contribution in [3.63, 3.8) is 0 Å². The van der Waals surface area contributed by atoms with Crippen LogP contribution in [-0.4, -0.2) is 38.1 Å². The number of rotatable bonds is 9. The Balaban J connectivity index is 2.63. The smallest absolute Gasteiger partial charge is 0.303 e. The van der Waals surface area contributed by atoms with Gasteiger partial charge in [0.05, 0.1) is 27.0 Å². The molecule has 0 radical (unpaired) electrons. The van der Waals surface area contributed by atoms with Gasteiger partial charge in [-0.1, -0.05) is 23.2 Å². The molecule has 0 aliphatic rings. The molecule has 2 rings (SSSR count). The SMILES string of the molecule is COc1ccc([N+](=O)[O-])cc1N(CCCC(=O)O)S(=O)(=O)c1ccc(Cl)c(Cl)c1. The zero-order valence-corrected chi connectivity index (χ0v) is 17.4. The highest BCUT2D eigenvalue weighted by molar-refractivity contribution is 7.92. The molecule has 2 aromatic rings. The van der Waals surface area contributed by atoms with E-state index in [0.717, 1.165) is 16.4 Å². The van der Waals surface area contributed by atoms with Crippen molar-refractivity contribution >= 4 is 50.6 Å². The second-order valence-electron chi connectivity index (χ2n) is 5.76. The zero-order chi connectivity index (χ0) is 21.8. The summed E-state index contributed by atoms with van der Waals surface area (Å²) in [6, 6.07) is 7.17. The van der Waals surface area contributed by atoms with Crippen molar-refractivity contribution in [2.75, 3.05) is 18.0 Å². The molecule has 0 fully saturated rings. The first-order chi connectivity index (χ1) is 13.6. The Bertz CT molecular complexity index is 1040. The summed E-state index contributed by atoms with van der Waals surface area (Å²) in [5.41, 5.74) is -0.452. The number of nitrogens with zero attached hydrogens (tertiary/aromatic N) is 2. The van der Waals surface area contributed by atoms with Crippen LogP contribution in [0.5, 0.6) is 5.75 Å². The lowest BCUT2D eigenvalue weighted by atomic mass is 10.2. The lowest BCUT2D eigenvalue weighted by molar-refractivity contribution is -0.384. The number of carbonyl (C=O) groups is 1. The van der Waals surface area contributed by atoms with Gasteiger partial charge < -0.3 is 9.84 Å². The first-order valence-corrected chi connectivity index (χ1v) is 10.3. The lowest BCUT2D eigenvalue weighted by Crippen LogP contribution is -2.32. The fraction of sp³-hybridized carbons (Fsp3) is 0.235. The Morgan fingerprint density at radius 2 is 1.90 bits per heavy atom. The van der Waals surface area contributed by atoms with E-state index in [4.69, 9.17) is 33.0 Å². The van der Waals surface area contributed by atoms with E-state index in [1.165, 1.54) is 31.4 Å². The quantitative estimate of drug-likeness (QED) is 0.440. The maximum atomic E-state index is 13.3. The van der Waals surface area contributed by atoms with Gasteiger partial charge in [0, 0.05) is 25.1 Å². The fourth-order valence-electron chi connectivity index (χ4n) is 2.50. The van der Waals surface area contributed by atoms with Gasteiger partial charge in [0.2, 0.25) is 0 Å². The number of carboxylic acids is 1. The van der Waals surface area contributed by atoms with Gasteiger partial charge in [-0.3, -0.25) is 19.2 Å². The molecule has 29 heavy (non-hydrogen) atoms. The van der Waals surface area contributed by atoms with E-state index in [2.05, 4.69) is 0 Å². The van der Waals surface area contributed by atoms with Crippen LogP contribution in [0.3, 0.4) is 0 Å². The molecule has 0 aliphatic carbocycles. The molecule has 0 amide bonds. The number of ether oxygens (including phenoxy) is 1. The van der Waals surface area contributed by atoms with Gasteiger partial charge in [0.1, 0.15) is 11.4 Å². The molecule has 0 saturated heterocycles. The van der Waals surface area contributed by atoms with Crippen molar-refractivity contribution in [2.45, 2.75) is 17.7 Å². The molecule has 0 atom stereocenters. The van der Waals surface area contributed by atoms with Crippen LogP contribution in [-0.2, 0) is 14.8 Å². The molecule has 0 spiro atoms. The molecule has 156 valence electrons. The van der Waals surface area contributed by atoms with E-state index < -0.39 is 20.9 Å². The standard InChI is InChI=1S/C17H16Cl2N2O7S/c1-28-16-7-4-11(21(24)25)9-15(16)20(8-2-3-17(22)23)29(26,27)12-5-6-13(18)14(19)10-12/h4-7,9-10H,2-3,8H2,1H3,(H,22,23). The van der Waals surface area contributed by atoms with Crippen molar-refractivity contribution in [3.05, 3.63) is 56.6 Å². The summed E-state index contributed by atoms with van der Waals surface area (Å²) in [5.74, 6) is -1.04. The van der Waals surface area contributed by atoms with Crippen LogP contribution >= 0.6 is 23.2 Å². The van der Waals surface area contributed by atoms with Crippen LogP contribution in [0.25, 0.3) is 0 Å². The first kappa shape index (κ1) is 22.7. The molecule has 0 saturated carbocycles. The zero-order valence-electron chi connectivity index (χ0n) is 15.0. The number of methoxy groups -OCH3 is 1. The molecular formula is C17H16Cl2N2O7S. The minimum absolute atomic E-state index is 0.00392. The normalized spacial score (nSPS) is 11.1. The monoisotopic (exact) mass is 462 g/mol. The number of hydrogen-bond donors (Lipinski definition) is 1. The maximum absolute atomic E-state index is 13.3. The Kier molecular flexibility index (Phi) is 7.28. The topological polar surface area (TPSA) is 127 Å². The number of carboxylic acid groups (broad SMARTS) is 1. The van der Waals surface area contributed by atoms with Crippen LogP contribution in [0.2, 0.25) is 10.0 Å². The van der Waals surface area contributed by atoms with Crippen molar-refractivity contribution in [2.24, 2.45) is 0 Å². The molecule has 12 heteroatoms. The summed E-state index contributed by atoms with van der Waals surface area (Å²) in [6.45, 7) is -0.258. The van der Waals surface area contributed by atoms with Gasteiger partial charge >= 0.3 is 5.97 Å². The minimum atomic E-state index is -4.27. The Morgan fingerprint density at radius 3 is 2.45 bits per heavy atom. The van der Waals surface area contributed by atoms with Crippen LogP contribution < -0.4 is 9.04 Å². The molecule has 9 nitrogen and oxygen atoms in total. The summed E-state index contributed by atoms with van der Waals surface area (Å²) >= 11 is 11.8. The molecule has 0 aliphatic heterocycles. The molecule has 0 bridgehead atoms. The average Bonchev–Trinajstić information content (AvgIpc) is 2.66. The number of nitro groups is 1. The van der Waals surface area contributed by atoms with Crippen molar-refractivity contribution in [3.8, 4) is 5.75 Å². The highest BCUT2D eigenvalue weighted by Gasteiger charge is 2.29. The number of aliphatic carboxylic acids is 1. The van der Waals surface area contributed by atoms with Gasteiger partial charge in [-0.25, -0.2) is 8.42 Å². The molecule has 0 heterocycles. The number of hydrogen-bond acceptors (Lipinski definition) is 6. The number of benzene rings is 2. The predicted octanol–water partition coefficient (Wildman–Crippen LogP) is 3.97. The third-order valence-corrected chi connectivity index (χ3v) is 6.42. The number of non-ortho nitro benzene ring substituents is 1. The van der Waals surface area contributed by atoms with Gasteiger partial charge in [-0.2, -0.15) is 0 Å². The predicted molar refractivity (Wildman–Crippen MR) is 108 cm³/mol. The van der Waals surface area contributed by atoms with Crippen molar-refractivity contribution < 1.29 is 28.0 Å². The average molecular weight is 463 g/mol. The molecule has 2 aromatic carbocycles. The Hall–Kier alpha value is -2.56. The summed E-state index contributed by atoms with van der Waals surface area (Å²) in [7, 11) is -2.99.